The molecule has 6 unspecified atom stereocenters. The maximum absolute atomic E-state index is 12.8. The minimum atomic E-state index is -5.15. The average Bonchev–Trinajstić information content (AvgIpc) is 3.24. The first-order valence-electron chi connectivity index (χ1n) is 21.7. The zero-order chi connectivity index (χ0) is 45.0. The molecule has 1 aliphatic rings. The van der Waals surface area contributed by atoms with Gasteiger partial charge in [-0.3, -0.25) is 18.6 Å². The highest BCUT2D eigenvalue weighted by Crippen LogP contribution is 2.47. The molecule has 0 amide bonds. The molecule has 0 aliphatic heterocycles. The topological polar surface area (TPSA) is 210 Å². The van der Waals surface area contributed by atoms with E-state index >= 15 is 0 Å². The molecule has 344 valence electrons. The second-order valence-electron chi connectivity index (χ2n) is 14.4. The van der Waals surface area contributed by atoms with Crippen LogP contribution in [0.5, 0.6) is 0 Å². The number of ether oxygens (including phenoxy) is 2. The number of allylic oxidation sites excluding steroid dienone is 18. The van der Waals surface area contributed by atoms with Gasteiger partial charge in [0.05, 0.1) is 6.61 Å². The fraction of sp³-hybridized carbons (Fsp3) is 0.574. The molecule has 61 heavy (non-hydrogen) atoms. The zero-order valence-corrected chi connectivity index (χ0v) is 37.0. The number of unbranched alkanes of at least 4 members (excludes halogenated alkanes) is 3. The lowest BCUT2D eigenvalue weighted by atomic mass is 9.85. The predicted molar refractivity (Wildman–Crippen MR) is 239 cm³/mol. The molecule has 1 fully saturated rings. The van der Waals surface area contributed by atoms with Crippen molar-refractivity contribution in [1.82, 2.24) is 0 Å². The van der Waals surface area contributed by atoms with Crippen molar-refractivity contribution in [3.8, 4) is 0 Å². The van der Waals surface area contributed by atoms with Crippen LogP contribution < -0.4 is 0 Å². The number of phosphoric ester groups is 1. The third-order valence-electron chi connectivity index (χ3n) is 9.11. The van der Waals surface area contributed by atoms with Gasteiger partial charge >= 0.3 is 19.8 Å². The summed E-state index contributed by atoms with van der Waals surface area (Å²) < 4.78 is 33.4. The minimum Gasteiger partial charge on any atom is -0.462 e. The molecule has 0 radical (unpaired) electrons. The van der Waals surface area contributed by atoms with Gasteiger partial charge in [-0.1, -0.05) is 123 Å². The molecule has 6 N–H and O–H groups in total. The summed E-state index contributed by atoms with van der Waals surface area (Å²) in [6, 6.07) is 0. The molecule has 0 aromatic carbocycles. The van der Waals surface area contributed by atoms with Gasteiger partial charge in [0.1, 0.15) is 43.2 Å². The maximum atomic E-state index is 12.8. The van der Waals surface area contributed by atoms with Gasteiger partial charge in [-0.25, -0.2) is 4.57 Å². The lowest BCUT2D eigenvalue weighted by Gasteiger charge is -2.41. The second-order valence-corrected chi connectivity index (χ2v) is 15.8. The Labute approximate surface area is 363 Å². The van der Waals surface area contributed by atoms with Crippen LogP contribution in [-0.4, -0.2) is 98.3 Å². The lowest BCUT2D eigenvalue weighted by Crippen LogP contribution is -2.64. The van der Waals surface area contributed by atoms with Gasteiger partial charge in [0.25, 0.3) is 0 Å². The Morgan fingerprint density at radius 2 is 0.885 bits per heavy atom. The van der Waals surface area contributed by atoms with E-state index in [9.17, 15) is 44.6 Å². The van der Waals surface area contributed by atoms with Crippen LogP contribution in [0, 0.1) is 0 Å². The molecule has 0 heterocycles. The molecule has 1 rings (SSSR count). The lowest BCUT2D eigenvalue weighted by molar-refractivity contribution is -0.220. The summed E-state index contributed by atoms with van der Waals surface area (Å²) in [5.74, 6) is -1.23. The molecule has 14 heteroatoms. The number of hydrogen-bond donors (Lipinski definition) is 6. The fourth-order valence-corrected chi connectivity index (χ4v) is 6.64. The van der Waals surface area contributed by atoms with E-state index in [0.29, 0.717) is 19.3 Å². The highest BCUT2D eigenvalue weighted by atomic mass is 31.2. The van der Waals surface area contributed by atoms with Crippen molar-refractivity contribution in [3.63, 3.8) is 0 Å². The van der Waals surface area contributed by atoms with E-state index in [4.69, 9.17) is 18.5 Å². The van der Waals surface area contributed by atoms with Gasteiger partial charge < -0.3 is 39.9 Å². The predicted octanol–water partition coefficient (Wildman–Crippen LogP) is 8.05. The van der Waals surface area contributed by atoms with E-state index in [1.807, 2.05) is 12.2 Å². The quantitative estimate of drug-likeness (QED) is 0.0160. The molecule has 1 saturated carbocycles. The Kier molecular flexibility index (Phi) is 32.8. The van der Waals surface area contributed by atoms with E-state index < -0.39 is 75.7 Å². The number of hydrogen-bond acceptors (Lipinski definition) is 12. The smallest absolute Gasteiger partial charge is 0.462 e. The first-order chi connectivity index (χ1) is 29.4. The summed E-state index contributed by atoms with van der Waals surface area (Å²) in [6.45, 7) is 2.95. The van der Waals surface area contributed by atoms with Crippen molar-refractivity contribution >= 4 is 19.8 Å². The summed E-state index contributed by atoms with van der Waals surface area (Å²) in [5, 5.41) is 50.1. The molecular formula is C47H73O13P. The molecule has 0 aromatic rings. The molecule has 1 aliphatic carbocycles. The van der Waals surface area contributed by atoms with Gasteiger partial charge in [-0.05, 0) is 89.9 Å². The van der Waals surface area contributed by atoms with Crippen LogP contribution in [-0.2, 0) is 32.7 Å². The summed E-state index contributed by atoms with van der Waals surface area (Å²) in [6.07, 6.45) is 35.9. The van der Waals surface area contributed by atoms with Crippen LogP contribution in [0.25, 0.3) is 0 Å². The van der Waals surface area contributed by atoms with Gasteiger partial charge in [0.2, 0.25) is 0 Å². The molecule has 0 saturated heterocycles. The SMILES string of the molecule is CC/C=C/C/C=C/C/C=C/C/C=C/C/C=C/CCCC(=O)O[C@H](COC(=O)CCCC/C=C/C/C=C/C/C=C/C/C=C/CC)COP(=O)(O)OC1C(O)C(O)C(O)[C@H](O)C1O. The Bertz CT molecular complexity index is 1480. The van der Waals surface area contributed by atoms with Crippen molar-refractivity contribution < 1.29 is 63.1 Å². The van der Waals surface area contributed by atoms with Crippen molar-refractivity contribution in [1.29, 1.82) is 0 Å². The number of aliphatic hydroxyl groups is 5. The summed E-state index contributed by atoms with van der Waals surface area (Å²) in [7, 11) is -5.15. The third-order valence-corrected chi connectivity index (χ3v) is 10.1. The Morgan fingerprint density at radius 3 is 1.33 bits per heavy atom. The highest BCUT2D eigenvalue weighted by Gasteiger charge is 2.51. The van der Waals surface area contributed by atoms with Gasteiger partial charge in [0, 0.05) is 12.8 Å². The molecule has 8 atom stereocenters. The van der Waals surface area contributed by atoms with Crippen molar-refractivity contribution in [3.05, 3.63) is 109 Å². The van der Waals surface area contributed by atoms with Crippen molar-refractivity contribution in [2.24, 2.45) is 0 Å². The van der Waals surface area contributed by atoms with E-state index in [1.54, 1.807) is 0 Å². The van der Waals surface area contributed by atoms with Crippen LogP contribution in [0.3, 0.4) is 0 Å². The van der Waals surface area contributed by atoms with E-state index in [0.717, 1.165) is 70.6 Å². The van der Waals surface area contributed by atoms with E-state index in [2.05, 4.69) is 111 Å². The Morgan fingerprint density at radius 1 is 0.508 bits per heavy atom. The zero-order valence-electron chi connectivity index (χ0n) is 36.1. The maximum Gasteiger partial charge on any atom is 0.472 e. The number of rotatable bonds is 33. The second kappa shape index (κ2) is 36.0. The Hall–Kier alpha value is -3.49. The van der Waals surface area contributed by atoms with Gasteiger partial charge in [0.15, 0.2) is 6.10 Å². The summed E-state index contributed by atoms with van der Waals surface area (Å²) in [4.78, 5) is 35.6. The standard InChI is InChI=1S/C47H73O13P/c1-3-5-7-9-11-13-15-17-19-20-22-24-26-28-30-32-34-36-41(49)59-39(38-58-61(55,56)60-47-45(53)43(51)42(50)44(52)46(47)54)37-57-40(48)35-33-31-29-27-25-23-21-18-16-14-12-10-8-6-4-2/h5-8,11-14,17-19,21-22,24-25,27-28,30,39,42-47,50-54H,3-4,9-10,15-16,20,23,26,29,31-38H2,1-2H3,(H,55,56)/b7-5+,8-6+,13-11+,14-12+,19-17+,21-18+,24-22+,27-25+,30-28+/t39-,42?,43+,44?,45?,46?,47?/m1/s1. The number of carbonyl (C=O) groups excluding carboxylic acids is 2. The van der Waals surface area contributed by atoms with Crippen molar-refractivity contribution in [2.75, 3.05) is 13.2 Å². The van der Waals surface area contributed by atoms with Crippen LogP contribution in [0.2, 0.25) is 0 Å². The number of carbonyl (C=O) groups is 2. The summed E-state index contributed by atoms with van der Waals surface area (Å²) >= 11 is 0. The molecule has 0 spiro atoms. The van der Waals surface area contributed by atoms with Crippen LogP contribution in [0.1, 0.15) is 117 Å². The normalized spacial score (nSPS) is 23.1. The minimum absolute atomic E-state index is 0.00189. The molecule has 0 bridgehead atoms. The average molecular weight is 877 g/mol. The van der Waals surface area contributed by atoms with Crippen LogP contribution >= 0.6 is 7.82 Å². The van der Waals surface area contributed by atoms with Crippen LogP contribution in [0.4, 0.5) is 0 Å². The van der Waals surface area contributed by atoms with Gasteiger partial charge in [-0.15, -0.1) is 0 Å². The molecule has 0 aromatic heterocycles. The van der Waals surface area contributed by atoms with E-state index in [1.165, 1.54) is 0 Å². The number of phosphoric acid groups is 1. The first kappa shape index (κ1) is 55.5. The van der Waals surface area contributed by atoms with Crippen LogP contribution in [0.15, 0.2) is 109 Å². The number of aliphatic hydroxyl groups excluding tert-OH is 5. The fourth-order valence-electron chi connectivity index (χ4n) is 5.66. The van der Waals surface area contributed by atoms with Gasteiger partial charge in [-0.2, -0.15) is 0 Å². The number of esters is 2. The van der Waals surface area contributed by atoms with Crippen molar-refractivity contribution in [2.45, 2.75) is 159 Å². The van der Waals surface area contributed by atoms with E-state index in [-0.39, 0.29) is 12.8 Å². The first-order valence-corrected chi connectivity index (χ1v) is 23.2. The molecular weight excluding hydrogens is 803 g/mol. The highest BCUT2D eigenvalue weighted by molar-refractivity contribution is 7.47. The monoisotopic (exact) mass is 876 g/mol. The summed E-state index contributed by atoms with van der Waals surface area (Å²) in [5.41, 5.74) is 0. The molecule has 13 nitrogen and oxygen atoms in total. The third kappa shape index (κ3) is 28.7. The largest absolute Gasteiger partial charge is 0.472 e. The Balaban J connectivity index is 2.58.